The minimum Gasteiger partial charge on any atom is -0.389 e. The molecule has 0 rings (SSSR count). The lowest BCUT2D eigenvalue weighted by atomic mass is 9.94. The Labute approximate surface area is 106 Å². The van der Waals surface area contributed by atoms with E-state index in [1.165, 1.54) is 0 Å². The summed E-state index contributed by atoms with van der Waals surface area (Å²) < 4.78 is 10.8. The van der Waals surface area contributed by atoms with Gasteiger partial charge in [-0.2, -0.15) is 0 Å². The molecule has 0 aliphatic heterocycles. The summed E-state index contributed by atoms with van der Waals surface area (Å²) in [5.41, 5.74) is -0.669. The average molecular weight is 247 g/mol. The van der Waals surface area contributed by atoms with E-state index in [1.54, 1.807) is 0 Å². The zero-order valence-electron chi connectivity index (χ0n) is 12.0. The van der Waals surface area contributed by atoms with Gasteiger partial charge in [0.2, 0.25) is 0 Å². The van der Waals surface area contributed by atoms with E-state index in [0.29, 0.717) is 32.2 Å². The van der Waals surface area contributed by atoms with Crippen molar-refractivity contribution in [1.29, 1.82) is 0 Å². The van der Waals surface area contributed by atoms with E-state index in [9.17, 15) is 5.11 Å². The third-order valence-electron chi connectivity index (χ3n) is 2.37. The first kappa shape index (κ1) is 16.8. The third kappa shape index (κ3) is 9.53. The second kappa shape index (κ2) is 8.86. The van der Waals surface area contributed by atoms with Gasteiger partial charge in [-0.3, -0.25) is 0 Å². The Morgan fingerprint density at radius 2 is 1.71 bits per heavy atom. The molecular formula is C13H29NO3. The molecule has 0 amide bonds. The van der Waals surface area contributed by atoms with Crippen LogP contribution in [0.25, 0.3) is 0 Å². The maximum atomic E-state index is 10.1. The van der Waals surface area contributed by atoms with Crippen molar-refractivity contribution in [2.45, 2.75) is 52.9 Å². The fourth-order valence-electron chi connectivity index (χ4n) is 1.95. The van der Waals surface area contributed by atoms with Gasteiger partial charge < -0.3 is 19.9 Å². The Hall–Kier alpha value is -0.160. The molecule has 4 nitrogen and oxygen atoms in total. The van der Waals surface area contributed by atoms with Crippen LogP contribution < -0.4 is 5.32 Å². The van der Waals surface area contributed by atoms with Crippen molar-refractivity contribution in [1.82, 2.24) is 5.32 Å². The molecule has 0 saturated heterocycles. The van der Waals surface area contributed by atoms with Crippen LogP contribution >= 0.6 is 0 Å². The summed E-state index contributed by atoms with van der Waals surface area (Å²) >= 11 is 0. The van der Waals surface area contributed by atoms with Crippen LogP contribution in [0.3, 0.4) is 0 Å². The standard InChI is InChI=1S/C13H29NO3/c1-6-16-12(17-7-2)9-14-10-13(5,15)8-11(3)4/h11-12,14-15H,6-10H2,1-5H3. The number of rotatable bonds is 10. The van der Waals surface area contributed by atoms with Crippen LogP contribution in [0.2, 0.25) is 0 Å². The van der Waals surface area contributed by atoms with Crippen molar-refractivity contribution in [3.63, 3.8) is 0 Å². The Morgan fingerprint density at radius 1 is 1.18 bits per heavy atom. The summed E-state index contributed by atoms with van der Waals surface area (Å²) in [7, 11) is 0. The van der Waals surface area contributed by atoms with Crippen LogP contribution in [-0.2, 0) is 9.47 Å². The summed E-state index contributed by atoms with van der Waals surface area (Å²) in [6.07, 6.45) is 0.563. The van der Waals surface area contributed by atoms with Crippen LogP contribution in [0.5, 0.6) is 0 Å². The monoisotopic (exact) mass is 247 g/mol. The van der Waals surface area contributed by atoms with Gasteiger partial charge in [0.25, 0.3) is 0 Å². The molecule has 2 N–H and O–H groups in total. The van der Waals surface area contributed by atoms with Crippen molar-refractivity contribution in [2.75, 3.05) is 26.3 Å². The second-order valence-corrected chi connectivity index (χ2v) is 5.07. The fraction of sp³-hybridized carbons (Fsp3) is 1.00. The lowest BCUT2D eigenvalue weighted by Crippen LogP contribution is -2.42. The minimum atomic E-state index is -0.669. The maximum absolute atomic E-state index is 10.1. The van der Waals surface area contributed by atoms with Gasteiger partial charge in [0.05, 0.1) is 5.60 Å². The zero-order chi connectivity index (χ0) is 13.3. The quantitative estimate of drug-likeness (QED) is 0.578. The van der Waals surface area contributed by atoms with E-state index in [0.717, 1.165) is 6.42 Å². The van der Waals surface area contributed by atoms with Crippen LogP contribution in [-0.4, -0.2) is 43.3 Å². The molecule has 0 aromatic carbocycles. The van der Waals surface area contributed by atoms with Crippen LogP contribution in [0.4, 0.5) is 0 Å². The minimum absolute atomic E-state index is 0.222. The van der Waals surface area contributed by atoms with E-state index in [1.807, 2.05) is 20.8 Å². The molecule has 1 atom stereocenters. The third-order valence-corrected chi connectivity index (χ3v) is 2.37. The first-order valence-corrected chi connectivity index (χ1v) is 6.57. The smallest absolute Gasteiger partial charge is 0.169 e. The van der Waals surface area contributed by atoms with E-state index < -0.39 is 5.60 Å². The van der Waals surface area contributed by atoms with Crippen LogP contribution in [0.1, 0.15) is 41.0 Å². The van der Waals surface area contributed by atoms with Crippen molar-refractivity contribution in [2.24, 2.45) is 5.92 Å². The lowest BCUT2D eigenvalue weighted by molar-refractivity contribution is -0.134. The van der Waals surface area contributed by atoms with E-state index >= 15 is 0 Å². The molecule has 0 aliphatic rings. The molecule has 0 spiro atoms. The molecule has 0 aromatic rings. The highest BCUT2D eigenvalue weighted by molar-refractivity contribution is 4.76. The normalized spacial score (nSPS) is 15.5. The summed E-state index contributed by atoms with van der Waals surface area (Å²) in [4.78, 5) is 0. The maximum Gasteiger partial charge on any atom is 0.169 e. The lowest BCUT2D eigenvalue weighted by Gasteiger charge is -2.27. The molecule has 0 aliphatic carbocycles. The molecule has 0 fully saturated rings. The zero-order valence-corrected chi connectivity index (χ0v) is 12.0. The van der Waals surface area contributed by atoms with Gasteiger partial charge in [0, 0.05) is 26.3 Å². The van der Waals surface area contributed by atoms with E-state index in [2.05, 4.69) is 19.2 Å². The summed E-state index contributed by atoms with van der Waals surface area (Å²) in [6.45, 7) is 12.4. The summed E-state index contributed by atoms with van der Waals surface area (Å²) in [5, 5.41) is 13.3. The number of hydrogen-bond donors (Lipinski definition) is 2. The first-order valence-electron chi connectivity index (χ1n) is 6.57. The van der Waals surface area contributed by atoms with Gasteiger partial charge in [0.1, 0.15) is 0 Å². The molecule has 0 saturated carbocycles. The number of ether oxygens (including phenoxy) is 2. The van der Waals surface area contributed by atoms with Crippen molar-refractivity contribution < 1.29 is 14.6 Å². The van der Waals surface area contributed by atoms with Gasteiger partial charge in [-0.25, -0.2) is 0 Å². The number of nitrogens with one attached hydrogen (secondary N) is 1. The molecule has 0 aromatic heterocycles. The molecule has 0 radical (unpaired) electrons. The Morgan fingerprint density at radius 3 is 2.12 bits per heavy atom. The fourth-order valence-corrected chi connectivity index (χ4v) is 1.95. The van der Waals surface area contributed by atoms with Crippen LogP contribution in [0.15, 0.2) is 0 Å². The highest BCUT2D eigenvalue weighted by Crippen LogP contribution is 2.14. The van der Waals surface area contributed by atoms with Gasteiger partial charge in [0.15, 0.2) is 6.29 Å². The van der Waals surface area contributed by atoms with Crippen molar-refractivity contribution in [3.05, 3.63) is 0 Å². The van der Waals surface area contributed by atoms with Gasteiger partial charge in [-0.1, -0.05) is 13.8 Å². The molecule has 4 heteroatoms. The molecule has 104 valence electrons. The molecular weight excluding hydrogens is 218 g/mol. The highest BCUT2D eigenvalue weighted by Gasteiger charge is 2.21. The van der Waals surface area contributed by atoms with E-state index in [4.69, 9.17) is 9.47 Å². The molecule has 0 bridgehead atoms. The number of aliphatic hydroxyl groups is 1. The number of hydrogen-bond acceptors (Lipinski definition) is 4. The first-order chi connectivity index (χ1) is 7.91. The molecule has 0 heterocycles. The van der Waals surface area contributed by atoms with Gasteiger partial charge >= 0.3 is 0 Å². The Kier molecular flexibility index (Phi) is 8.78. The summed E-state index contributed by atoms with van der Waals surface area (Å²) in [6, 6.07) is 0. The van der Waals surface area contributed by atoms with Gasteiger partial charge in [-0.15, -0.1) is 0 Å². The second-order valence-electron chi connectivity index (χ2n) is 5.07. The van der Waals surface area contributed by atoms with E-state index in [-0.39, 0.29) is 6.29 Å². The predicted molar refractivity (Wildman–Crippen MR) is 70.0 cm³/mol. The van der Waals surface area contributed by atoms with Crippen LogP contribution in [0, 0.1) is 5.92 Å². The Bertz CT molecular complexity index is 178. The average Bonchev–Trinajstić information content (AvgIpc) is 2.15. The molecule has 17 heavy (non-hydrogen) atoms. The summed E-state index contributed by atoms with van der Waals surface area (Å²) in [5.74, 6) is 0.487. The molecule has 1 unspecified atom stereocenters. The van der Waals surface area contributed by atoms with Gasteiger partial charge in [-0.05, 0) is 33.1 Å². The van der Waals surface area contributed by atoms with Crippen molar-refractivity contribution >= 4 is 0 Å². The van der Waals surface area contributed by atoms with Crippen molar-refractivity contribution in [3.8, 4) is 0 Å². The largest absolute Gasteiger partial charge is 0.389 e. The Balaban J connectivity index is 3.85. The topological polar surface area (TPSA) is 50.7 Å². The predicted octanol–water partition coefficient (Wildman–Crippen LogP) is 1.77. The highest BCUT2D eigenvalue weighted by atomic mass is 16.7. The SMILES string of the molecule is CCOC(CNCC(C)(O)CC(C)C)OCC.